The largest absolute Gasteiger partial charge is 0.349 e. The summed E-state index contributed by atoms with van der Waals surface area (Å²) in [6, 6.07) is 10.4. The maximum absolute atomic E-state index is 13.0. The second-order valence-electron chi connectivity index (χ2n) is 7.94. The SMILES string of the molecule is O=C(NC1CCCCCC1)c1cccc(CN2C(=O)Nc3ccc(Cl)cc3S2(=O)=O)c1. The minimum absolute atomic E-state index is 0.0538. The number of nitrogens with one attached hydrogen (secondary N) is 2. The van der Waals surface area contributed by atoms with Crippen LogP contribution in [0.15, 0.2) is 47.4 Å². The fourth-order valence-electron chi connectivity index (χ4n) is 4.04. The van der Waals surface area contributed by atoms with Gasteiger partial charge in [0.25, 0.3) is 15.9 Å². The topological polar surface area (TPSA) is 95.6 Å². The van der Waals surface area contributed by atoms with Gasteiger partial charge < -0.3 is 10.6 Å². The van der Waals surface area contributed by atoms with E-state index in [2.05, 4.69) is 10.6 Å². The number of carbonyl (C=O) groups is 2. The molecule has 1 saturated carbocycles. The van der Waals surface area contributed by atoms with Crippen LogP contribution in [0.3, 0.4) is 0 Å². The molecule has 7 nitrogen and oxygen atoms in total. The number of urea groups is 1. The number of sulfonamides is 1. The van der Waals surface area contributed by atoms with Crippen LogP contribution in [0, 0.1) is 0 Å². The predicted octanol–water partition coefficient (Wildman–Crippen LogP) is 4.53. The smallest absolute Gasteiger partial charge is 0.336 e. The van der Waals surface area contributed by atoms with Crippen LogP contribution in [-0.4, -0.2) is 30.7 Å². The van der Waals surface area contributed by atoms with Gasteiger partial charge in [-0.2, -0.15) is 0 Å². The quantitative estimate of drug-likeness (QED) is 0.654. The molecule has 31 heavy (non-hydrogen) atoms. The molecule has 164 valence electrons. The second-order valence-corrected chi connectivity index (χ2v) is 10.2. The van der Waals surface area contributed by atoms with E-state index in [0.717, 1.165) is 30.0 Å². The minimum atomic E-state index is -4.08. The molecule has 1 aliphatic heterocycles. The number of nitrogens with zero attached hydrogens (tertiary/aromatic N) is 1. The molecule has 0 bridgehead atoms. The third-order valence-corrected chi connectivity index (χ3v) is 7.69. The number of halogens is 1. The van der Waals surface area contributed by atoms with Crippen LogP contribution in [0.25, 0.3) is 0 Å². The minimum Gasteiger partial charge on any atom is -0.349 e. The summed E-state index contributed by atoms with van der Waals surface area (Å²) in [6.07, 6.45) is 6.56. The number of anilines is 1. The molecule has 2 aliphatic rings. The summed E-state index contributed by atoms with van der Waals surface area (Å²) in [5, 5.41) is 5.93. The van der Waals surface area contributed by atoms with Crippen molar-refractivity contribution < 1.29 is 18.0 Å². The van der Waals surface area contributed by atoms with E-state index in [-0.39, 0.29) is 34.1 Å². The summed E-state index contributed by atoms with van der Waals surface area (Å²) in [7, 11) is -4.08. The number of hydrogen-bond donors (Lipinski definition) is 2. The van der Waals surface area contributed by atoms with Crippen LogP contribution in [-0.2, 0) is 16.6 Å². The van der Waals surface area contributed by atoms with Crippen molar-refractivity contribution in [3.63, 3.8) is 0 Å². The van der Waals surface area contributed by atoms with Gasteiger partial charge in [-0.1, -0.05) is 49.4 Å². The lowest BCUT2D eigenvalue weighted by molar-refractivity contribution is 0.0933. The number of benzene rings is 2. The van der Waals surface area contributed by atoms with Crippen LogP contribution in [0.2, 0.25) is 5.02 Å². The van der Waals surface area contributed by atoms with Crippen LogP contribution in [0.1, 0.15) is 54.4 Å². The number of amides is 3. The van der Waals surface area contributed by atoms with Gasteiger partial charge >= 0.3 is 6.03 Å². The van der Waals surface area contributed by atoms with Gasteiger partial charge in [-0.3, -0.25) is 4.79 Å². The molecule has 1 heterocycles. The molecule has 9 heteroatoms. The Morgan fingerprint density at radius 3 is 2.58 bits per heavy atom. The van der Waals surface area contributed by atoms with Gasteiger partial charge in [0.2, 0.25) is 0 Å². The van der Waals surface area contributed by atoms with E-state index in [4.69, 9.17) is 11.6 Å². The molecule has 0 atom stereocenters. The Balaban J connectivity index is 1.53. The van der Waals surface area contributed by atoms with Crippen LogP contribution >= 0.6 is 11.6 Å². The van der Waals surface area contributed by atoms with Crippen LogP contribution in [0.5, 0.6) is 0 Å². The van der Waals surface area contributed by atoms with E-state index >= 15 is 0 Å². The van der Waals surface area contributed by atoms with Crippen molar-refractivity contribution in [2.45, 2.75) is 56.0 Å². The first-order valence-corrected chi connectivity index (χ1v) is 12.2. The Kier molecular flexibility index (Phi) is 6.20. The van der Waals surface area contributed by atoms with Crippen LogP contribution in [0.4, 0.5) is 10.5 Å². The van der Waals surface area contributed by atoms with E-state index in [0.29, 0.717) is 11.1 Å². The van der Waals surface area contributed by atoms with E-state index < -0.39 is 16.1 Å². The summed E-state index contributed by atoms with van der Waals surface area (Å²) in [5.74, 6) is -0.183. The summed E-state index contributed by atoms with van der Waals surface area (Å²) in [6.45, 7) is -0.190. The van der Waals surface area contributed by atoms with Gasteiger partial charge in [-0.15, -0.1) is 0 Å². The number of fused-ring (bicyclic) bond motifs is 1. The highest BCUT2D eigenvalue weighted by Crippen LogP contribution is 2.33. The Labute approximate surface area is 186 Å². The lowest BCUT2D eigenvalue weighted by atomic mass is 10.1. The molecular weight excluding hydrogens is 438 g/mol. The summed E-state index contributed by atoms with van der Waals surface area (Å²) in [4.78, 5) is 25.2. The first kappa shape index (κ1) is 21.6. The van der Waals surface area contributed by atoms with Gasteiger partial charge in [-0.05, 0) is 48.7 Å². The molecule has 4 rings (SSSR count). The van der Waals surface area contributed by atoms with Crippen molar-refractivity contribution in [2.24, 2.45) is 0 Å². The fraction of sp³-hybridized carbons (Fsp3) is 0.364. The molecule has 2 aromatic rings. The van der Waals surface area contributed by atoms with Crippen molar-refractivity contribution in [2.75, 3.05) is 5.32 Å². The standard InChI is InChI=1S/C22H24ClN3O4S/c23-17-10-11-19-20(13-17)31(29,30)26(22(28)25-19)14-15-6-5-7-16(12-15)21(27)24-18-8-3-1-2-4-9-18/h5-7,10-13,18H,1-4,8-9,14H2,(H,24,27)(H,25,28). The Morgan fingerprint density at radius 2 is 1.84 bits per heavy atom. The maximum atomic E-state index is 13.0. The normalized spacial score (nSPS) is 18.6. The third kappa shape index (κ3) is 4.70. The first-order chi connectivity index (χ1) is 14.8. The zero-order valence-corrected chi connectivity index (χ0v) is 18.5. The fourth-order valence-corrected chi connectivity index (χ4v) is 5.77. The molecule has 1 aliphatic carbocycles. The zero-order chi connectivity index (χ0) is 22.0. The Bertz CT molecular complexity index is 1110. The lowest BCUT2D eigenvalue weighted by Crippen LogP contribution is -2.43. The molecule has 3 amide bonds. The van der Waals surface area contributed by atoms with Gasteiger partial charge in [0.1, 0.15) is 4.90 Å². The molecule has 2 aromatic carbocycles. The average Bonchev–Trinajstić information content (AvgIpc) is 3.01. The van der Waals surface area contributed by atoms with Crippen molar-refractivity contribution in [1.29, 1.82) is 0 Å². The molecule has 0 aromatic heterocycles. The molecule has 0 unspecified atom stereocenters. The monoisotopic (exact) mass is 461 g/mol. The van der Waals surface area contributed by atoms with Crippen molar-refractivity contribution in [3.05, 3.63) is 58.6 Å². The average molecular weight is 462 g/mol. The number of rotatable bonds is 4. The van der Waals surface area contributed by atoms with Gasteiger partial charge in [0.15, 0.2) is 0 Å². The third-order valence-electron chi connectivity index (χ3n) is 5.69. The number of carbonyl (C=O) groups excluding carboxylic acids is 2. The van der Waals surface area contributed by atoms with Crippen LogP contribution < -0.4 is 10.6 Å². The predicted molar refractivity (Wildman–Crippen MR) is 119 cm³/mol. The van der Waals surface area contributed by atoms with Crippen molar-refractivity contribution >= 4 is 39.2 Å². The van der Waals surface area contributed by atoms with Crippen molar-refractivity contribution in [3.8, 4) is 0 Å². The summed E-state index contributed by atoms with van der Waals surface area (Å²) in [5.41, 5.74) is 1.18. The molecule has 0 radical (unpaired) electrons. The van der Waals surface area contributed by atoms with Gasteiger partial charge in [0.05, 0.1) is 12.2 Å². The highest BCUT2D eigenvalue weighted by molar-refractivity contribution is 7.90. The van der Waals surface area contributed by atoms with Crippen molar-refractivity contribution in [1.82, 2.24) is 9.62 Å². The molecule has 0 saturated heterocycles. The highest BCUT2D eigenvalue weighted by atomic mass is 35.5. The molecule has 1 fully saturated rings. The van der Waals surface area contributed by atoms with E-state index in [9.17, 15) is 18.0 Å². The Hall–Kier alpha value is -2.58. The zero-order valence-electron chi connectivity index (χ0n) is 16.9. The maximum Gasteiger partial charge on any atom is 0.336 e. The highest BCUT2D eigenvalue weighted by Gasteiger charge is 2.36. The molecular formula is C22H24ClN3O4S. The van der Waals surface area contributed by atoms with Gasteiger partial charge in [0, 0.05) is 16.6 Å². The molecule has 2 N–H and O–H groups in total. The van der Waals surface area contributed by atoms with Gasteiger partial charge in [-0.25, -0.2) is 17.5 Å². The van der Waals surface area contributed by atoms with E-state index in [1.54, 1.807) is 24.3 Å². The molecule has 0 spiro atoms. The number of hydrogen-bond acceptors (Lipinski definition) is 4. The lowest BCUT2D eigenvalue weighted by Gasteiger charge is -2.29. The summed E-state index contributed by atoms with van der Waals surface area (Å²) < 4.78 is 26.8. The second kappa shape index (κ2) is 8.88. The summed E-state index contributed by atoms with van der Waals surface area (Å²) >= 11 is 5.95. The Morgan fingerprint density at radius 1 is 1.10 bits per heavy atom. The first-order valence-electron chi connectivity index (χ1n) is 10.4. The van der Waals surface area contributed by atoms with E-state index in [1.165, 1.54) is 31.0 Å². The van der Waals surface area contributed by atoms with E-state index in [1.807, 2.05) is 0 Å².